The second kappa shape index (κ2) is 5.61. The Kier molecular flexibility index (Phi) is 4.41. The molecule has 0 amide bonds. The topological polar surface area (TPSA) is 3.24 Å². The van der Waals surface area contributed by atoms with E-state index in [1.165, 1.54) is 5.56 Å². The molecule has 1 rings (SSSR count). The van der Waals surface area contributed by atoms with E-state index >= 15 is 0 Å². The van der Waals surface area contributed by atoms with E-state index in [2.05, 4.69) is 55.9 Å². The number of hydrogen-bond donors (Lipinski definition) is 0. The highest BCUT2D eigenvalue weighted by Crippen LogP contribution is 2.20. The molecule has 0 saturated carbocycles. The Hall–Kier alpha value is -1.08. The summed E-state index contributed by atoms with van der Waals surface area (Å²) in [5.41, 5.74) is 1.40. The Labute approximate surface area is 87.1 Å². The SMILES string of the molecule is C=CCC(CN(C)C)c1ccccc1. The van der Waals surface area contributed by atoms with E-state index in [0.717, 1.165) is 13.0 Å². The van der Waals surface area contributed by atoms with Crippen LogP contribution in [0.5, 0.6) is 0 Å². The molecule has 0 N–H and O–H groups in total. The van der Waals surface area contributed by atoms with Gasteiger partial charge in [0, 0.05) is 12.5 Å². The normalized spacial score (nSPS) is 12.8. The molecule has 0 bridgehead atoms. The van der Waals surface area contributed by atoms with Crippen molar-refractivity contribution in [2.75, 3.05) is 20.6 Å². The molecule has 1 aromatic carbocycles. The summed E-state index contributed by atoms with van der Waals surface area (Å²) in [5, 5.41) is 0. The molecule has 14 heavy (non-hydrogen) atoms. The van der Waals surface area contributed by atoms with Gasteiger partial charge >= 0.3 is 0 Å². The first-order valence-corrected chi connectivity index (χ1v) is 5.04. The predicted molar refractivity (Wildman–Crippen MR) is 62.6 cm³/mol. The molecule has 0 spiro atoms. The number of benzene rings is 1. The Morgan fingerprint density at radius 3 is 2.43 bits per heavy atom. The summed E-state index contributed by atoms with van der Waals surface area (Å²) in [6, 6.07) is 10.6. The van der Waals surface area contributed by atoms with Gasteiger partial charge < -0.3 is 4.90 Å². The first-order chi connectivity index (χ1) is 6.74. The van der Waals surface area contributed by atoms with Gasteiger partial charge in [-0.15, -0.1) is 6.58 Å². The number of allylic oxidation sites excluding steroid dienone is 1. The first kappa shape index (κ1) is 11.0. The quantitative estimate of drug-likeness (QED) is 0.644. The Morgan fingerprint density at radius 1 is 1.29 bits per heavy atom. The van der Waals surface area contributed by atoms with Crippen molar-refractivity contribution >= 4 is 0 Å². The molecule has 1 nitrogen and oxygen atoms in total. The minimum absolute atomic E-state index is 0.573. The van der Waals surface area contributed by atoms with Crippen LogP contribution in [0.1, 0.15) is 17.9 Å². The summed E-state index contributed by atoms with van der Waals surface area (Å²) in [6.45, 7) is 4.89. The van der Waals surface area contributed by atoms with Gasteiger partial charge in [0.25, 0.3) is 0 Å². The largest absolute Gasteiger partial charge is 0.309 e. The summed E-state index contributed by atoms with van der Waals surface area (Å²) < 4.78 is 0. The third-order valence-electron chi connectivity index (χ3n) is 2.31. The lowest BCUT2D eigenvalue weighted by molar-refractivity contribution is 0.373. The summed E-state index contributed by atoms with van der Waals surface area (Å²) in [7, 11) is 4.22. The highest BCUT2D eigenvalue weighted by atomic mass is 15.1. The molecule has 0 aliphatic heterocycles. The highest BCUT2D eigenvalue weighted by molar-refractivity contribution is 5.20. The first-order valence-electron chi connectivity index (χ1n) is 5.04. The van der Waals surface area contributed by atoms with Gasteiger partial charge in [0.1, 0.15) is 0 Å². The van der Waals surface area contributed by atoms with E-state index in [-0.39, 0.29) is 0 Å². The van der Waals surface area contributed by atoms with Gasteiger partial charge in [-0.2, -0.15) is 0 Å². The third-order valence-corrected chi connectivity index (χ3v) is 2.31. The van der Waals surface area contributed by atoms with Gasteiger partial charge in [-0.1, -0.05) is 36.4 Å². The van der Waals surface area contributed by atoms with E-state index in [1.54, 1.807) is 0 Å². The van der Waals surface area contributed by atoms with Crippen molar-refractivity contribution in [2.24, 2.45) is 0 Å². The molecule has 76 valence electrons. The maximum absolute atomic E-state index is 3.81. The molecule has 0 heterocycles. The average molecular weight is 189 g/mol. The standard InChI is InChI=1S/C13H19N/c1-4-8-13(11-14(2)3)12-9-6-5-7-10-12/h4-7,9-10,13H,1,8,11H2,2-3H3. The summed E-state index contributed by atoms with van der Waals surface area (Å²) in [6.07, 6.45) is 3.04. The lowest BCUT2D eigenvalue weighted by Crippen LogP contribution is -2.19. The van der Waals surface area contributed by atoms with Crippen molar-refractivity contribution in [1.82, 2.24) is 4.90 Å². The van der Waals surface area contributed by atoms with Gasteiger partial charge in [0.05, 0.1) is 0 Å². The molecule has 1 unspecified atom stereocenters. The minimum Gasteiger partial charge on any atom is -0.309 e. The van der Waals surface area contributed by atoms with Gasteiger partial charge in [-0.25, -0.2) is 0 Å². The van der Waals surface area contributed by atoms with Gasteiger partial charge in [0.15, 0.2) is 0 Å². The van der Waals surface area contributed by atoms with Crippen LogP contribution in [0.4, 0.5) is 0 Å². The van der Waals surface area contributed by atoms with E-state index in [4.69, 9.17) is 0 Å². The lowest BCUT2D eigenvalue weighted by Gasteiger charge is -2.20. The molecule has 0 aliphatic carbocycles. The van der Waals surface area contributed by atoms with Crippen molar-refractivity contribution in [1.29, 1.82) is 0 Å². The van der Waals surface area contributed by atoms with Gasteiger partial charge in [-0.05, 0) is 26.1 Å². The smallest absolute Gasteiger partial charge is 0.00472 e. The number of nitrogens with zero attached hydrogens (tertiary/aromatic N) is 1. The zero-order valence-electron chi connectivity index (χ0n) is 9.11. The number of hydrogen-bond acceptors (Lipinski definition) is 1. The van der Waals surface area contributed by atoms with Crippen molar-refractivity contribution in [3.63, 3.8) is 0 Å². The molecule has 0 aliphatic rings. The van der Waals surface area contributed by atoms with Crippen molar-refractivity contribution < 1.29 is 0 Å². The summed E-state index contributed by atoms with van der Waals surface area (Å²) >= 11 is 0. The van der Waals surface area contributed by atoms with E-state index in [1.807, 2.05) is 6.08 Å². The molecule has 0 aromatic heterocycles. The van der Waals surface area contributed by atoms with Crippen LogP contribution in [0.25, 0.3) is 0 Å². The van der Waals surface area contributed by atoms with Crippen molar-refractivity contribution in [2.45, 2.75) is 12.3 Å². The van der Waals surface area contributed by atoms with E-state index in [0.29, 0.717) is 5.92 Å². The van der Waals surface area contributed by atoms with Crippen LogP contribution < -0.4 is 0 Å². The van der Waals surface area contributed by atoms with E-state index < -0.39 is 0 Å². The second-order valence-corrected chi connectivity index (χ2v) is 3.89. The zero-order chi connectivity index (χ0) is 10.4. The number of rotatable bonds is 5. The monoisotopic (exact) mass is 189 g/mol. The molecule has 0 fully saturated rings. The molecule has 1 atom stereocenters. The molecular formula is C13H19N. The Morgan fingerprint density at radius 2 is 1.93 bits per heavy atom. The molecular weight excluding hydrogens is 170 g/mol. The zero-order valence-corrected chi connectivity index (χ0v) is 9.11. The number of likely N-dealkylation sites (N-methyl/N-ethyl adjacent to an activating group) is 1. The van der Waals surface area contributed by atoms with Crippen LogP contribution in [0.15, 0.2) is 43.0 Å². The minimum atomic E-state index is 0.573. The summed E-state index contributed by atoms with van der Waals surface area (Å²) in [5.74, 6) is 0.573. The maximum Gasteiger partial charge on any atom is 0.00472 e. The molecule has 1 heteroatoms. The second-order valence-electron chi connectivity index (χ2n) is 3.89. The van der Waals surface area contributed by atoms with Crippen LogP contribution in [0.2, 0.25) is 0 Å². The molecule has 0 saturated heterocycles. The fraction of sp³-hybridized carbons (Fsp3) is 0.385. The van der Waals surface area contributed by atoms with Crippen LogP contribution >= 0.6 is 0 Å². The Bertz CT molecular complexity index is 264. The molecule has 1 aromatic rings. The van der Waals surface area contributed by atoms with Crippen LogP contribution in [0.3, 0.4) is 0 Å². The van der Waals surface area contributed by atoms with Gasteiger partial charge in [-0.3, -0.25) is 0 Å². The van der Waals surface area contributed by atoms with Gasteiger partial charge in [0.2, 0.25) is 0 Å². The lowest BCUT2D eigenvalue weighted by atomic mass is 9.95. The third kappa shape index (κ3) is 3.35. The molecule has 0 radical (unpaired) electrons. The fourth-order valence-electron chi connectivity index (χ4n) is 1.68. The summed E-state index contributed by atoms with van der Waals surface area (Å²) in [4.78, 5) is 2.22. The average Bonchev–Trinajstić information content (AvgIpc) is 2.18. The Balaban J connectivity index is 2.72. The predicted octanol–water partition coefficient (Wildman–Crippen LogP) is 2.91. The van der Waals surface area contributed by atoms with E-state index in [9.17, 15) is 0 Å². The van der Waals surface area contributed by atoms with Crippen LogP contribution in [0, 0.1) is 0 Å². The fourth-order valence-corrected chi connectivity index (χ4v) is 1.68. The highest BCUT2D eigenvalue weighted by Gasteiger charge is 2.09. The van der Waals surface area contributed by atoms with Crippen LogP contribution in [-0.2, 0) is 0 Å². The van der Waals surface area contributed by atoms with Crippen molar-refractivity contribution in [3.05, 3.63) is 48.6 Å². The maximum atomic E-state index is 3.81. The van der Waals surface area contributed by atoms with Crippen molar-refractivity contribution in [3.8, 4) is 0 Å². The van der Waals surface area contributed by atoms with Crippen LogP contribution in [-0.4, -0.2) is 25.5 Å².